The van der Waals surface area contributed by atoms with E-state index < -0.39 is 11.0 Å². The molecule has 0 aromatic heterocycles. The van der Waals surface area contributed by atoms with E-state index in [1.54, 1.807) is 18.2 Å². The summed E-state index contributed by atoms with van der Waals surface area (Å²) in [5.41, 5.74) is 0.596. The lowest BCUT2D eigenvalue weighted by atomic mass is 10.1. The minimum absolute atomic E-state index is 0.0334. The lowest BCUT2D eigenvalue weighted by Gasteiger charge is -2.14. The summed E-state index contributed by atoms with van der Waals surface area (Å²) >= 11 is 9.00. The summed E-state index contributed by atoms with van der Waals surface area (Å²) in [5, 5.41) is 15.9. The molecule has 0 saturated heterocycles. The minimum atomic E-state index is -0.647. The highest BCUT2D eigenvalue weighted by Gasteiger charge is 2.34. The van der Waals surface area contributed by atoms with Crippen LogP contribution in [0.5, 0.6) is 0 Å². The number of carbonyl (C=O) groups is 3. The number of anilines is 1. The molecule has 1 aliphatic rings. The number of hydrogen-bond acceptors (Lipinski definition) is 5. The fraction of sp³-hybridized carbons (Fsp3) is 0.167. The summed E-state index contributed by atoms with van der Waals surface area (Å²) in [6.45, 7) is 0.343. The first kappa shape index (κ1) is 20.7. The van der Waals surface area contributed by atoms with Gasteiger partial charge in [-0.15, -0.1) is 0 Å². The van der Waals surface area contributed by atoms with Gasteiger partial charge in [0, 0.05) is 29.3 Å². The van der Waals surface area contributed by atoms with Gasteiger partial charge in [0.2, 0.25) is 0 Å². The van der Waals surface area contributed by atoms with Crippen molar-refractivity contribution in [2.75, 3.05) is 18.4 Å². The number of nitro benzene ring substituents is 1. The van der Waals surface area contributed by atoms with Gasteiger partial charge in [-0.3, -0.25) is 24.6 Å². The molecule has 150 valence electrons. The van der Waals surface area contributed by atoms with Crippen molar-refractivity contribution in [3.63, 3.8) is 0 Å². The van der Waals surface area contributed by atoms with Crippen LogP contribution in [0.2, 0.25) is 5.02 Å². The zero-order valence-corrected chi connectivity index (χ0v) is 17.1. The summed E-state index contributed by atoms with van der Waals surface area (Å²) in [4.78, 5) is 48.0. The maximum Gasteiger partial charge on any atom is 0.319 e. The van der Waals surface area contributed by atoms with Crippen LogP contribution in [0.4, 0.5) is 16.2 Å². The highest BCUT2D eigenvalue weighted by Crippen LogP contribution is 2.27. The molecule has 0 atom stereocenters. The number of carbonyl (C=O) groups excluding carboxylic acids is 3. The molecule has 0 aliphatic carbocycles. The second kappa shape index (κ2) is 8.58. The van der Waals surface area contributed by atoms with Crippen molar-refractivity contribution in [3.05, 3.63) is 67.1 Å². The fourth-order valence-electron chi connectivity index (χ4n) is 2.81. The van der Waals surface area contributed by atoms with Gasteiger partial charge < -0.3 is 10.6 Å². The van der Waals surface area contributed by atoms with Crippen LogP contribution in [0.1, 0.15) is 27.1 Å². The molecule has 0 bridgehead atoms. The van der Waals surface area contributed by atoms with Crippen LogP contribution >= 0.6 is 27.5 Å². The van der Waals surface area contributed by atoms with Gasteiger partial charge in [0.1, 0.15) is 5.02 Å². The first-order chi connectivity index (χ1) is 13.8. The molecule has 0 fully saturated rings. The Morgan fingerprint density at radius 3 is 2.59 bits per heavy atom. The number of benzene rings is 2. The van der Waals surface area contributed by atoms with Gasteiger partial charge in [-0.25, -0.2) is 4.79 Å². The normalized spacial score (nSPS) is 12.7. The number of nitrogens with one attached hydrogen (secondary N) is 2. The number of halogens is 2. The molecule has 0 unspecified atom stereocenters. The van der Waals surface area contributed by atoms with E-state index in [1.165, 1.54) is 12.1 Å². The number of amides is 4. The Balaban J connectivity index is 1.49. The maximum atomic E-state index is 12.4. The van der Waals surface area contributed by atoms with E-state index in [4.69, 9.17) is 11.6 Å². The van der Waals surface area contributed by atoms with E-state index in [0.29, 0.717) is 22.0 Å². The predicted molar refractivity (Wildman–Crippen MR) is 109 cm³/mol. The van der Waals surface area contributed by atoms with Crippen molar-refractivity contribution in [1.29, 1.82) is 0 Å². The van der Waals surface area contributed by atoms with Crippen LogP contribution in [-0.2, 0) is 0 Å². The van der Waals surface area contributed by atoms with E-state index in [0.717, 1.165) is 11.0 Å². The van der Waals surface area contributed by atoms with E-state index in [-0.39, 0.29) is 41.3 Å². The molecule has 2 N–H and O–H groups in total. The number of urea groups is 1. The second-order valence-corrected chi connectivity index (χ2v) is 7.43. The topological polar surface area (TPSA) is 122 Å². The number of nitro groups is 1. The van der Waals surface area contributed by atoms with Gasteiger partial charge in [-0.1, -0.05) is 27.5 Å². The zero-order valence-electron chi connectivity index (χ0n) is 14.8. The van der Waals surface area contributed by atoms with Crippen LogP contribution in [0.3, 0.4) is 0 Å². The summed E-state index contributed by atoms with van der Waals surface area (Å²) in [7, 11) is 0. The quantitative estimate of drug-likeness (QED) is 0.281. The number of fused-ring (bicyclic) bond motifs is 1. The Hall–Kier alpha value is -2.98. The number of hydrogen-bond donors (Lipinski definition) is 2. The third kappa shape index (κ3) is 4.54. The summed E-state index contributed by atoms with van der Waals surface area (Å²) in [6.07, 6.45) is 0.348. The highest BCUT2D eigenvalue weighted by molar-refractivity contribution is 9.10. The largest absolute Gasteiger partial charge is 0.338 e. The Bertz CT molecular complexity index is 1030. The Morgan fingerprint density at radius 1 is 1.14 bits per heavy atom. The van der Waals surface area contributed by atoms with Gasteiger partial charge >= 0.3 is 6.03 Å². The standard InChI is InChI=1S/C18H14BrClN4O5/c19-10-2-4-12-13(8-10)17(26)23(16(12)25)7-1-6-21-18(27)22-11-3-5-14(20)15(9-11)24(28)29/h2-5,8-9H,1,6-7H2,(H2,21,22,27). The van der Waals surface area contributed by atoms with E-state index in [9.17, 15) is 24.5 Å². The van der Waals surface area contributed by atoms with Crippen molar-refractivity contribution >= 4 is 56.8 Å². The van der Waals surface area contributed by atoms with Crippen LogP contribution in [0.15, 0.2) is 40.9 Å². The minimum Gasteiger partial charge on any atom is -0.338 e. The van der Waals surface area contributed by atoms with Crippen molar-refractivity contribution < 1.29 is 19.3 Å². The summed E-state index contributed by atoms with van der Waals surface area (Å²) in [6, 6.07) is 8.22. The second-order valence-electron chi connectivity index (χ2n) is 6.11. The molecule has 4 amide bonds. The van der Waals surface area contributed by atoms with Crippen LogP contribution in [-0.4, -0.2) is 40.8 Å². The van der Waals surface area contributed by atoms with Gasteiger partial charge in [-0.2, -0.15) is 0 Å². The van der Waals surface area contributed by atoms with Crippen molar-refractivity contribution in [1.82, 2.24) is 10.2 Å². The Labute approximate surface area is 178 Å². The SMILES string of the molecule is O=C(NCCCN1C(=O)c2ccc(Br)cc2C1=O)Nc1ccc(Cl)c([N+](=O)[O-])c1. The number of imide groups is 1. The molecule has 0 radical (unpaired) electrons. The lowest BCUT2D eigenvalue weighted by molar-refractivity contribution is -0.384. The van der Waals surface area contributed by atoms with Crippen molar-refractivity contribution in [2.45, 2.75) is 6.42 Å². The molecule has 0 spiro atoms. The predicted octanol–water partition coefficient (Wildman–Crippen LogP) is 3.82. The maximum absolute atomic E-state index is 12.4. The summed E-state index contributed by atoms with van der Waals surface area (Å²) in [5.74, 6) is -0.736. The third-order valence-electron chi connectivity index (χ3n) is 4.18. The number of rotatable bonds is 6. The molecule has 1 aliphatic heterocycles. The number of nitrogens with zero attached hydrogens (tertiary/aromatic N) is 2. The monoisotopic (exact) mass is 480 g/mol. The molecule has 9 nitrogen and oxygen atoms in total. The molecule has 2 aromatic carbocycles. The summed E-state index contributed by atoms with van der Waals surface area (Å²) < 4.78 is 0.708. The Morgan fingerprint density at radius 2 is 1.86 bits per heavy atom. The molecule has 29 heavy (non-hydrogen) atoms. The molecular weight excluding hydrogens is 468 g/mol. The van der Waals surface area contributed by atoms with Crippen molar-refractivity contribution in [3.8, 4) is 0 Å². The average Bonchev–Trinajstić information content (AvgIpc) is 2.90. The molecular formula is C18H14BrClN4O5. The fourth-order valence-corrected chi connectivity index (χ4v) is 3.36. The molecule has 2 aromatic rings. The smallest absolute Gasteiger partial charge is 0.319 e. The van der Waals surface area contributed by atoms with E-state index >= 15 is 0 Å². The zero-order chi connectivity index (χ0) is 21.1. The van der Waals surface area contributed by atoms with Gasteiger partial charge in [-0.05, 0) is 36.8 Å². The highest BCUT2D eigenvalue weighted by atomic mass is 79.9. The molecule has 3 rings (SSSR count). The molecule has 11 heteroatoms. The molecule has 1 heterocycles. The van der Waals surface area contributed by atoms with Crippen LogP contribution < -0.4 is 10.6 Å². The Kier molecular flexibility index (Phi) is 6.14. The van der Waals surface area contributed by atoms with Gasteiger partial charge in [0.05, 0.1) is 16.1 Å². The van der Waals surface area contributed by atoms with Crippen LogP contribution in [0, 0.1) is 10.1 Å². The van der Waals surface area contributed by atoms with Crippen LogP contribution in [0.25, 0.3) is 0 Å². The van der Waals surface area contributed by atoms with E-state index in [1.807, 2.05) is 0 Å². The van der Waals surface area contributed by atoms with Gasteiger partial charge in [0.15, 0.2) is 0 Å². The van der Waals surface area contributed by atoms with E-state index in [2.05, 4.69) is 26.6 Å². The first-order valence-corrected chi connectivity index (χ1v) is 9.59. The average molecular weight is 482 g/mol. The van der Waals surface area contributed by atoms with Crippen molar-refractivity contribution in [2.24, 2.45) is 0 Å². The first-order valence-electron chi connectivity index (χ1n) is 8.42. The molecule has 0 saturated carbocycles. The van der Waals surface area contributed by atoms with Gasteiger partial charge in [0.25, 0.3) is 17.5 Å². The third-order valence-corrected chi connectivity index (χ3v) is 4.99. The lowest BCUT2D eigenvalue weighted by Crippen LogP contribution is -2.35.